The van der Waals surface area contributed by atoms with Crippen LogP contribution < -0.4 is 15.4 Å². The van der Waals surface area contributed by atoms with Crippen molar-refractivity contribution in [1.29, 1.82) is 0 Å². The number of alkyl halides is 2. The van der Waals surface area contributed by atoms with Gasteiger partial charge in [-0.25, -0.2) is 4.98 Å². The van der Waals surface area contributed by atoms with Crippen LogP contribution in [0.4, 0.5) is 14.6 Å². The minimum absolute atomic E-state index is 0.0744. The molecule has 0 spiro atoms. The first kappa shape index (κ1) is 13.0. The number of nitrogens with zero attached hydrogens (tertiary/aromatic N) is 1. The van der Waals surface area contributed by atoms with E-state index in [4.69, 9.17) is 0 Å². The van der Waals surface area contributed by atoms with Gasteiger partial charge in [0.1, 0.15) is 11.6 Å². The van der Waals surface area contributed by atoms with Gasteiger partial charge >= 0.3 is 6.61 Å². The van der Waals surface area contributed by atoms with E-state index >= 15 is 0 Å². The number of anilines is 1. The van der Waals surface area contributed by atoms with Gasteiger partial charge in [-0.05, 0) is 38.4 Å². The van der Waals surface area contributed by atoms with Gasteiger partial charge in [0.2, 0.25) is 0 Å². The number of aromatic nitrogens is 1. The zero-order chi connectivity index (χ0) is 13.0. The van der Waals surface area contributed by atoms with Gasteiger partial charge in [-0.3, -0.25) is 0 Å². The van der Waals surface area contributed by atoms with Crippen LogP contribution in [-0.4, -0.2) is 30.2 Å². The second kappa shape index (κ2) is 5.95. The Labute approximate surface area is 105 Å². The first-order valence-electron chi connectivity index (χ1n) is 6.06. The predicted molar refractivity (Wildman–Crippen MR) is 65.0 cm³/mol. The summed E-state index contributed by atoms with van der Waals surface area (Å²) in [4.78, 5) is 4.06. The monoisotopic (exact) mass is 257 g/mol. The summed E-state index contributed by atoms with van der Waals surface area (Å²) in [6, 6.07) is 3.83. The Hall–Kier alpha value is -1.43. The number of nitrogens with one attached hydrogen (secondary N) is 2. The SMILES string of the molecule is CC1NCCCC1Nc1ccc(OC(F)F)cn1. The number of pyridine rings is 1. The number of piperidine rings is 1. The van der Waals surface area contributed by atoms with Gasteiger partial charge < -0.3 is 15.4 Å². The summed E-state index contributed by atoms with van der Waals surface area (Å²) in [5.41, 5.74) is 0. The third-order valence-corrected chi connectivity index (χ3v) is 3.06. The Morgan fingerprint density at radius 1 is 1.50 bits per heavy atom. The molecule has 1 aromatic heterocycles. The molecular formula is C12H17F2N3O. The van der Waals surface area contributed by atoms with Crippen LogP contribution in [0.1, 0.15) is 19.8 Å². The fourth-order valence-corrected chi connectivity index (χ4v) is 2.07. The van der Waals surface area contributed by atoms with Crippen LogP contribution in [0.2, 0.25) is 0 Å². The highest BCUT2D eigenvalue weighted by Gasteiger charge is 2.20. The molecule has 1 fully saturated rings. The molecule has 2 rings (SSSR count). The molecule has 0 aromatic carbocycles. The highest BCUT2D eigenvalue weighted by Crippen LogP contribution is 2.18. The molecule has 1 saturated heterocycles. The van der Waals surface area contributed by atoms with E-state index in [1.54, 1.807) is 6.07 Å². The molecule has 2 unspecified atom stereocenters. The minimum Gasteiger partial charge on any atom is -0.433 e. The van der Waals surface area contributed by atoms with Gasteiger partial charge in [0.05, 0.1) is 6.20 Å². The normalized spacial score (nSPS) is 24.0. The molecule has 2 N–H and O–H groups in total. The van der Waals surface area contributed by atoms with Crippen molar-refractivity contribution in [3.8, 4) is 5.75 Å². The largest absolute Gasteiger partial charge is 0.433 e. The highest BCUT2D eigenvalue weighted by molar-refractivity contribution is 5.39. The van der Waals surface area contributed by atoms with E-state index in [1.165, 1.54) is 12.3 Å². The van der Waals surface area contributed by atoms with Crippen LogP contribution in [0.5, 0.6) is 5.75 Å². The smallest absolute Gasteiger partial charge is 0.387 e. The van der Waals surface area contributed by atoms with Gasteiger partial charge in [0.25, 0.3) is 0 Å². The lowest BCUT2D eigenvalue weighted by molar-refractivity contribution is -0.0500. The Kier molecular flexibility index (Phi) is 4.30. The van der Waals surface area contributed by atoms with Crippen molar-refractivity contribution >= 4 is 5.82 Å². The molecule has 6 heteroatoms. The van der Waals surface area contributed by atoms with Crippen molar-refractivity contribution in [2.45, 2.75) is 38.5 Å². The van der Waals surface area contributed by atoms with Crippen molar-refractivity contribution in [3.05, 3.63) is 18.3 Å². The molecule has 0 radical (unpaired) electrons. The van der Waals surface area contributed by atoms with Crippen LogP contribution in [-0.2, 0) is 0 Å². The van der Waals surface area contributed by atoms with Crippen molar-refractivity contribution in [3.63, 3.8) is 0 Å². The summed E-state index contributed by atoms with van der Waals surface area (Å²) in [6.07, 6.45) is 3.50. The molecule has 1 aliphatic heterocycles. The van der Waals surface area contributed by atoms with Crippen molar-refractivity contribution in [1.82, 2.24) is 10.3 Å². The molecule has 4 nitrogen and oxygen atoms in total. The first-order valence-corrected chi connectivity index (χ1v) is 6.06. The van der Waals surface area contributed by atoms with Gasteiger partial charge in [0, 0.05) is 12.1 Å². The summed E-state index contributed by atoms with van der Waals surface area (Å²) in [5, 5.41) is 6.67. The molecule has 18 heavy (non-hydrogen) atoms. The fraction of sp³-hybridized carbons (Fsp3) is 0.583. The third kappa shape index (κ3) is 3.53. The fourth-order valence-electron chi connectivity index (χ4n) is 2.07. The molecule has 2 heterocycles. The van der Waals surface area contributed by atoms with E-state index < -0.39 is 6.61 Å². The Morgan fingerprint density at radius 3 is 2.94 bits per heavy atom. The Bertz CT molecular complexity index is 372. The summed E-state index contributed by atoms with van der Waals surface area (Å²) in [5.74, 6) is 0.752. The number of rotatable bonds is 4. The van der Waals surface area contributed by atoms with Crippen LogP contribution in [0.15, 0.2) is 18.3 Å². The lowest BCUT2D eigenvalue weighted by atomic mass is 10.00. The van der Waals surface area contributed by atoms with E-state index in [2.05, 4.69) is 27.3 Å². The summed E-state index contributed by atoms with van der Waals surface area (Å²) >= 11 is 0. The maximum atomic E-state index is 12.0. The maximum Gasteiger partial charge on any atom is 0.387 e. The van der Waals surface area contributed by atoms with Gasteiger partial charge in [-0.1, -0.05) is 0 Å². The summed E-state index contributed by atoms with van der Waals surface area (Å²) < 4.78 is 28.2. The number of halogens is 2. The van der Waals surface area contributed by atoms with E-state index in [1.807, 2.05) is 0 Å². The first-order chi connectivity index (χ1) is 8.65. The predicted octanol–water partition coefficient (Wildman–Crippen LogP) is 2.24. The zero-order valence-corrected chi connectivity index (χ0v) is 10.2. The van der Waals surface area contributed by atoms with E-state index in [0.717, 1.165) is 19.4 Å². The molecule has 0 amide bonds. The number of ether oxygens (including phenoxy) is 1. The third-order valence-electron chi connectivity index (χ3n) is 3.06. The highest BCUT2D eigenvalue weighted by atomic mass is 19.3. The number of hydrogen-bond donors (Lipinski definition) is 2. The second-order valence-corrected chi connectivity index (χ2v) is 4.39. The van der Waals surface area contributed by atoms with Crippen molar-refractivity contribution in [2.24, 2.45) is 0 Å². The van der Waals surface area contributed by atoms with E-state index in [9.17, 15) is 8.78 Å². The molecule has 2 atom stereocenters. The van der Waals surface area contributed by atoms with E-state index in [-0.39, 0.29) is 5.75 Å². The van der Waals surface area contributed by atoms with Crippen LogP contribution in [0.3, 0.4) is 0 Å². The van der Waals surface area contributed by atoms with Crippen molar-refractivity contribution in [2.75, 3.05) is 11.9 Å². The molecule has 0 aliphatic carbocycles. The second-order valence-electron chi connectivity index (χ2n) is 4.39. The molecule has 100 valence electrons. The standard InChI is InChI=1S/C12H17F2N3O/c1-8-10(3-2-6-15-8)17-11-5-4-9(7-16-11)18-12(13)14/h4-5,7-8,10,12,15H,2-3,6H2,1H3,(H,16,17). The molecular weight excluding hydrogens is 240 g/mol. The average molecular weight is 257 g/mol. The van der Waals surface area contributed by atoms with Gasteiger partial charge in [-0.2, -0.15) is 8.78 Å². The van der Waals surface area contributed by atoms with Crippen LogP contribution in [0.25, 0.3) is 0 Å². The minimum atomic E-state index is -2.81. The van der Waals surface area contributed by atoms with Gasteiger partial charge in [-0.15, -0.1) is 0 Å². The summed E-state index contributed by atoms with van der Waals surface area (Å²) in [6.45, 7) is 0.340. The Balaban J connectivity index is 1.93. The quantitative estimate of drug-likeness (QED) is 0.868. The average Bonchev–Trinajstić information content (AvgIpc) is 2.34. The van der Waals surface area contributed by atoms with Crippen molar-refractivity contribution < 1.29 is 13.5 Å². The topological polar surface area (TPSA) is 46.2 Å². The molecule has 1 aromatic rings. The lowest BCUT2D eigenvalue weighted by Crippen LogP contribution is -2.46. The summed E-state index contributed by atoms with van der Waals surface area (Å²) in [7, 11) is 0. The lowest BCUT2D eigenvalue weighted by Gasteiger charge is -2.31. The molecule has 0 bridgehead atoms. The zero-order valence-electron chi connectivity index (χ0n) is 10.2. The maximum absolute atomic E-state index is 12.0. The van der Waals surface area contributed by atoms with Crippen LogP contribution in [0, 0.1) is 0 Å². The van der Waals surface area contributed by atoms with Crippen LogP contribution >= 0.6 is 0 Å². The van der Waals surface area contributed by atoms with E-state index in [0.29, 0.717) is 17.9 Å². The van der Waals surface area contributed by atoms with Gasteiger partial charge in [0.15, 0.2) is 0 Å². The number of hydrogen-bond acceptors (Lipinski definition) is 4. The molecule has 1 aliphatic rings. The molecule has 0 saturated carbocycles. The Morgan fingerprint density at radius 2 is 2.33 bits per heavy atom.